The van der Waals surface area contributed by atoms with Crippen LogP contribution in [0.25, 0.3) is 11.0 Å². The lowest BCUT2D eigenvalue weighted by molar-refractivity contribution is 0.315. The van der Waals surface area contributed by atoms with Gasteiger partial charge in [-0.1, -0.05) is 6.92 Å². The Labute approximate surface area is 98.4 Å². The molecule has 1 N–H and O–H groups in total. The molecular weight excluding hydrogens is 220 g/mol. The fourth-order valence-electron chi connectivity index (χ4n) is 1.65. The number of hydrogen-bond donors (Lipinski definition) is 1. The second-order valence-electron chi connectivity index (χ2n) is 3.91. The van der Waals surface area contributed by atoms with E-state index >= 15 is 0 Å². The van der Waals surface area contributed by atoms with Crippen molar-refractivity contribution in [2.24, 2.45) is 0 Å². The number of aromatic hydroxyl groups is 1. The molecule has 1 heterocycles. The molecule has 1 aromatic carbocycles. The van der Waals surface area contributed by atoms with Crippen molar-refractivity contribution in [1.29, 1.82) is 0 Å². The Hall–Kier alpha value is -1.97. The third-order valence-electron chi connectivity index (χ3n) is 2.48. The minimum Gasteiger partial charge on any atom is -0.507 e. The monoisotopic (exact) mass is 234 g/mol. The maximum absolute atomic E-state index is 11.1. The second kappa shape index (κ2) is 4.49. The van der Waals surface area contributed by atoms with Crippen LogP contribution in [-0.2, 0) is 0 Å². The van der Waals surface area contributed by atoms with Gasteiger partial charge in [0.15, 0.2) is 0 Å². The molecule has 1 aromatic heterocycles. The van der Waals surface area contributed by atoms with Gasteiger partial charge in [0.1, 0.15) is 17.1 Å². The van der Waals surface area contributed by atoms with Crippen LogP contribution in [0.15, 0.2) is 27.4 Å². The lowest BCUT2D eigenvalue weighted by atomic mass is 10.1. The quantitative estimate of drug-likeness (QED) is 0.829. The third-order valence-corrected chi connectivity index (χ3v) is 2.48. The fraction of sp³-hybridized carbons (Fsp3) is 0.308. The van der Waals surface area contributed by atoms with Crippen LogP contribution in [0.2, 0.25) is 0 Å². The molecule has 0 radical (unpaired) electrons. The molecule has 0 saturated heterocycles. The minimum atomic E-state index is -0.569. The third kappa shape index (κ3) is 2.25. The van der Waals surface area contributed by atoms with Gasteiger partial charge in [0.2, 0.25) is 0 Å². The van der Waals surface area contributed by atoms with Crippen molar-refractivity contribution in [3.63, 3.8) is 0 Å². The van der Waals surface area contributed by atoms with Crippen molar-refractivity contribution in [2.75, 3.05) is 6.61 Å². The standard InChI is InChI=1S/C13H14O4/c1-3-4-16-11-7-12-9(5-8(11)2)10(14)6-13(15)17-12/h5-7,14H,3-4H2,1-2H3. The maximum atomic E-state index is 11.1. The number of aryl methyl sites for hydroxylation is 1. The van der Waals surface area contributed by atoms with Gasteiger partial charge >= 0.3 is 5.63 Å². The first-order valence-electron chi connectivity index (χ1n) is 5.52. The Balaban J connectivity index is 2.59. The summed E-state index contributed by atoms with van der Waals surface area (Å²) < 4.78 is 10.6. The smallest absolute Gasteiger partial charge is 0.339 e. The van der Waals surface area contributed by atoms with Crippen LogP contribution in [0.3, 0.4) is 0 Å². The predicted octanol–water partition coefficient (Wildman–Crippen LogP) is 2.60. The molecule has 0 aliphatic carbocycles. The minimum absolute atomic E-state index is 0.0682. The van der Waals surface area contributed by atoms with Gasteiger partial charge in [-0.15, -0.1) is 0 Å². The highest BCUT2D eigenvalue weighted by Crippen LogP contribution is 2.29. The van der Waals surface area contributed by atoms with Gasteiger partial charge in [0.05, 0.1) is 18.1 Å². The van der Waals surface area contributed by atoms with Gasteiger partial charge in [-0.25, -0.2) is 4.79 Å². The van der Waals surface area contributed by atoms with E-state index in [1.807, 2.05) is 13.8 Å². The van der Waals surface area contributed by atoms with Crippen LogP contribution in [-0.4, -0.2) is 11.7 Å². The number of fused-ring (bicyclic) bond motifs is 1. The molecule has 0 saturated carbocycles. The molecule has 0 spiro atoms. The van der Waals surface area contributed by atoms with E-state index in [1.54, 1.807) is 12.1 Å². The number of hydrogen-bond acceptors (Lipinski definition) is 4. The molecule has 17 heavy (non-hydrogen) atoms. The molecular formula is C13H14O4. The lowest BCUT2D eigenvalue weighted by Crippen LogP contribution is -1.99. The predicted molar refractivity (Wildman–Crippen MR) is 64.7 cm³/mol. The second-order valence-corrected chi connectivity index (χ2v) is 3.91. The van der Waals surface area contributed by atoms with Gasteiger partial charge in [-0.2, -0.15) is 0 Å². The van der Waals surface area contributed by atoms with Crippen LogP contribution < -0.4 is 10.4 Å². The Morgan fingerprint density at radius 1 is 1.35 bits per heavy atom. The van der Waals surface area contributed by atoms with Crippen molar-refractivity contribution >= 4 is 11.0 Å². The van der Waals surface area contributed by atoms with Crippen LogP contribution in [0, 0.1) is 6.92 Å². The molecule has 0 amide bonds. The summed E-state index contributed by atoms with van der Waals surface area (Å²) in [5.41, 5.74) is 0.669. The SMILES string of the molecule is CCCOc1cc2oc(=O)cc(O)c2cc1C. The van der Waals surface area contributed by atoms with Crippen molar-refractivity contribution in [2.45, 2.75) is 20.3 Å². The van der Waals surface area contributed by atoms with E-state index in [0.717, 1.165) is 18.1 Å². The molecule has 4 nitrogen and oxygen atoms in total. The van der Waals surface area contributed by atoms with E-state index in [0.29, 0.717) is 23.3 Å². The van der Waals surface area contributed by atoms with Gasteiger partial charge in [0, 0.05) is 6.07 Å². The summed E-state index contributed by atoms with van der Waals surface area (Å²) in [6.45, 7) is 4.51. The van der Waals surface area contributed by atoms with E-state index in [9.17, 15) is 9.90 Å². The molecule has 90 valence electrons. The lowest BCUT2D eigenvalue weighted by Gasteiger charge is -2.09. The first-order chi connectivity index (χ1) is 8.11. The zero-order valence-corrected chi connectivity index (χ0v) is 9.82. The van der Waals surface area contributed by atoms with E-state index in [4.69, 9.17) is 9.15 Å². The highest BCUT2D eigenvalue weighted by Gasteiger charge is 2.08. The van der Waals surface area contributed by atoms with Crippen molar-refractivity contribution in [3.05, 3.63) is 34.2 Å². The fourth-order valence-corrected chi connectivity index (χ4v) is 1.65. The molecule has 0 aliphatic rings. The first kappa shape index (κ1) is 11.5. The number of ether oxygens (including phenoxy) is 1. The molecule has 0 bridgehead atoms. The van der Waals surface area contributed by atoms with E-state index < -0.39 is 5.63 Å². The molecule has 4 heteroatoms. The molecule has 0 unspecified atom stereocenters. The zero-order valence-electron chi connectivity index (χ0n) is 9.82. The summed E-state index contributed by atoms with van der Waals surface area (Å²) in [4.78, 5) is 11.1. The van der Waals surface area contributed by atoms with Gasteiger partial charge < -0.3 is 14.3 Å². The summed E-state index contributed by atoms with van der Waals surface area (Å²) in [5.74, 6) is 0.606. The van der Waals surface area contributed by atoms with Crippen LogP contribution in [0.5, 0.6) is 11.5 Å². The number of benzene rings is 1. The van der Waals surface area contributed by atoms with Crippen LogP contribution >= 0.6 is 0 Å². The van der Waals surface area contributed by atoms with Gasteiger partial charge in [-0.05, 0) is 25.0 Å². The largest absolute Gasteiger partial charge is 0.507 e. The summed E-state index contributed by atoms with van der Waals surface area (Å²) in [6, 6.07) is 4.45. The molecule has 0 atom stereocenters. The van der Waals surface area contributed by atoms with E-state index in [-0.39, 0.29) is 5.75 Å². The average molecular weight is 234 g/mol. The maximum Gasteiger partial charge on any atom is 0.339 e. The summed E-state index contributed by atoms with van der Waals surface area (Å²) in [6.07, 6.45) is 0.904. The Morgan fingerprint density at radius 3 is 2.82 bits per heavy atom. The van der Waals surface area contributed by atoms with Crippen LogP contribution in [0.4, 0.5) is 0 Å². The van der Waals surface area contributed by atoms with E-state index in [2.05, 4.69) is 0 Å². The van der Waals surface area contributed by atoms with Crippen molar-refractivity contribution in [3.8, 4) is 11.5 Å². The van der Waals surface area contributed by atoms with Crippen LogP contribution in [0.1, 0.15) is 18.9 Å². The summed E-state index contributed by atoms with van der Waals surface area (Å²) in [5, 5.41) is 10.2. The van der Waals surface area contributed by atoms with Gasteiger partial charge in [0.25, 0.3) is 0 Å². The van der Waals surface area contributed by atoms with Crippen molar-refractivity contribution < 1.29 is 14.3 Å². The molecule has 2 rings (SSSR count). The molecule has 2 aromatic rings. The first-order valence-corrected chi connectivity index (χ1v) is 5.52. The normalized spacial score (nSPS) is 10.7. The highest BCUT2D eigenvalue weighted by molar-refractivity contribution is 5.85. The Bertz CT molecular complexity index is 598. The zero-order chi connectivity index (χ0) is 12.4. The number of rotatable bonds is 3. The van der Waals surface area contributed by atoms with Crippen molar-refractivity contribution in [1.82, 2.24) is 0 Å². The molecule has 0 aliphatic heterocycles. The highest BCUT2D eigenvalue weighted by atomic mass is 16.5. The average Bonchev–Trinajstić information content (AvgIpc) is 2.27. The summed E-state index contributed by atoms with van der Waals surface area (Å²) in [7, 11) is 0. The van der Waals surface area contributed by atoms with Gasteiger partial charge in [-0.3, -0.25) is 0 Å². The Morgan fingerprint density at radius 2 is 2.12 bits per heavy atom. The summed E-state index contributed by atoms with van der Waals surface area (Å²) >= 11 is 0. The Kier molecular flexibility index (Phi) is 3.04. The molecule has 0 fully saturated rings. The van der Waals surface area contributed by atoms with E-state index in [1.165, 1.54) is 0 Å². The topological polar surface area (TPSA) is 59.7 Å².